The molecular formula is C28H26N2O3S. The summed E-state index contributed by atoms with van der Waals surface area (Å²) in [7, 11) is 3.29. The molecule has 0 aliphatic heterocycles. The van der Waals surface area contributed by atoms with Crippen LogP contribution in [-0.2, 0) is 4.79 Å². The molecule has 34 heavy (non-hydrogen) atoms. The first-order valence-corrected chi connectivity index (χ1v) is 11.6. The molecule has 5 nitrogen and oxygen atoms in total. The number of carbonyl (C=O) groups excluding carboxylic acids is 1. The van der Waals surface area contributed by atoms with Gasteiger partial charge in [-0.15, -0.1) is 11.3 Å². The molecule has 0 fully saturated rings. The van der Waals surface area contributed by atoms with Gasteiger partial charge in [0.15, 0.2) is 5.13 Å². The summed E-state index contributed by atoms with van der Waals surface area (Å²) >= 11 is 1.46. The molecule has 4 aromatic rings. The lowest BCUT2D eigenvalue weighted by molar-refractivity contribution is -0.111. The summed E-state index contributed by atoms with van der Waals surface area (Å²) in [6.45, 7) is 4.01. The van der Waals surface area contributed by atoms with Crippen molar-refractivity contribution in [3.05, 3.63) is 94.4 Å². The van der Waals surface area contributed by atoms with E-state index in [1.165, 1.54) is 11.3 Å². The van der Waals surface area contributed by atoms with E-state index in [2.05, 4.69) is 5.32 Å². The molecule has 0 radical (unpaired) electrons. The lowest BCUT2D eigenvalue weighted by Gasteiger charge is -2.09. The van der Waals surface area contributed by atoms with Crippen molar-refractivity contribution in [2.75, 3.05) is 19.5 Å². The van der Waals surface area contributed by atoms with Crippen LogP contribution in [0.4, 0.5) is 5.13 Å². The highest BCUT2D eigenvalue weighted by Gasteiger charge is 2.17. The third-order valence-corrected chi connectivity index (χ3v) is 6.33. The van der Waals surface area contributed by atoms with Gasteiger partial charge in [0.25, 0.3) is 5.91 Å². The van der Waals surface area contributed by atoms with Gasteiger partial charge in [-0.3, -0.25) is 10.1 Å². The van der Waals surface area contributed by atoms with E-state index in [9.17, 15) is 4.79 Å². The number of benzene rings is 3. The molecule has 6 heteroatoms. The second kappa shape index (κ2) is 10.4. The Morgan fingerprint density at radius 1 is 0.941 bits per heavy atom. The van der Waals surface area contributed by atoms with Crippen LogP contribution >= 0.6 is 11.3 Å². The molecule has 1 aromatic heterocycles. The molecule has 4 rings (SSSR count). The Kier molecular flexibility index (Phi) is 7.09. The SMILES string of the molecule is COc1ccc(/C=C(/C(=O)Nc2nc(-c3ccc(OC)c(C)c3)c(C)s2)c2ccccc2)cc1. The van der Waals surface area contributed by atoms with Gasteiger partial charge in [-0.05, 0) is 66.9 Å². The molecule has 0 aliphatic rings. The maximum Gasteiger partial charge on any atom is 0.258 e. The van der Waals surface area contributed by atoms with E-state index in [-0.39, 0.29) is 5.91 Å². The molecule has 3 aromatic carbocycles. The molecular weight excluding hydrogens is 444 g/mol. The number of aromatic nitrogens is 1. The highest BCUT2D eigenvalue weighted by molar-refractivity contribution is 7.16. The number of nitrogens with one attached hydrogen (secondary N) is 1. The van der Waals surface area contributed by atoms with Crippen LogP contribution in [0.1, 0.15) is 21.6 Å². The lowest BCUT2D eigenvalue weighted by atomic mass is 10.0. The Morgan fingerprint density at radius 3 is 2.32 bits per heavy atom. The number of aryl methyl sites for hydroxylation is 2. The number of rotatable bonds is 7. The quantitative estimate of drug-likeness (QED) is 0.243. The third kappa shape index (κ3) is 5.18. The van der Waals surface area contributed by atoms with E-state index in [0.29, 0.717) is 10.7 Å². The number of hydrogen-bond donors (Lipinski definition) is 1. The van der Waals surface area contributed by atoms with Crippen LogP contribution in [0.3, 0.4) is 0 Å². The van der Waals surface area contributed by atoms with Gasteiger partial charge in [0.1, 0.15) is 11.5 Å². The Hall–Kier alpha value is -3.90. The van der Waals surface area contributed by atoms with Gasteiger partial charge in [0.2, 0.25) is 0 Å². The molecule has 1 amide bonds. The van der Waals surface area contributed by atoms with Crippen molar-refractivity contribution in [2.24, 2.45) is 0 Å². The molecule has 1 heterocycles. The average molecular weight is 471 g/mol. The summed E-state index contributed by atoms with van der Waals surface area (Å²) in [6, 6.07) is 23.2. The first-order valence-electron chi connectivity index (χ1n) is 10.8. The zero-order valence-corrected chi connectivity index (χ0v) is 20.4. The van der Waals surface area contributed by atoms with Crippen molar-refractivity contribution in [2.45, 2.75) is 13.8 Å². The number of methoxy groups -OCH3 is 2. The minimum Gasteiger partial charge on any atom is -0.497 e. The number of nitrogens with zero attached hydrogens (tertiary/aromatic N) is 1. The standard InChI is InChI=1S/C28H26N2O3S/c1-18-16-22(12-15-25(18)33-4)26-19(2)34-28(29-26)30-27(31)24(21-8-6-5-7-9-21)17-20-10-13-23(32-3)14-11-20/h5-17H,1-4H3,(H,29,30,31)/b24-17+. The highest BCUT2D eigenvalue weighted by Crippen LogP contribution is 2.33. The van der Waals surface area contributed by atoms with E-state index in [1.54, 1.807) is 14.2 Å². The van der Waals surface area contributed by atoms with Crippen LogP contribution in [0.5, 0.6) is 11.5 Å². The van der Waals surface area contributed by atoms with Crippen molar-refractivity contribution in [3.63, 3.8) is 0 Å². The summed E-state index contributed by atoms with van der Waals surface area (Å²) in [4.78, 5) is 19.1. The average Bonchev–Trinajstić information content (AvgIpc) is 3.23. The minimum absolute atomic E-state index is 0.215. The smallest absolute Gasteiger partial charge is 0.258 e. The normalized spacial score (nSPS) is 11.2. The number of thiazole rings is 1. The fraction of sp³-hybridized carbons (Fsp3) is 0.143. The Labute approximate surface area is 203 Å². The Bertz CT molecular complexity index is 1330. The Morgan fingerprint density at radius 2 is 1.68 bits per heavy atom. The molecule has 172 valence electrons. The maximum absolute atomic E-state index is 13.4. The van der Waals surface area contributed by atoms with Crippen molar-refractivity contribution in [1.29, 1.82) is 0 Å². The van der Waals surface area contributed by atoms with Gasteiger partial charge in [-0.2, -0.15) is 0 Å². The number of hydrogen-bond acceptors (Lipinski definition) is 5. The second-order valence-electron chi connectivity index (χ2n) is 7.76. The van der Waals surface area contributed by atoms with Gasteiger partial charge in [-0.25, -0.2) is 4.98 Å². The lowest BCUT2D eigenvalue weighted by Crippen LogP contribution is -2.13. The van der Waals surface area contributed by atoms with Gasteiger partial charge >= 0.3 is 0 Å². The highest BCUT2D eigenvalue weighted by atomic mass is 32.1. The fourth-order valence-corrected chi connectivity index (χ4v) is 4.50. The monoisotopic (exact) mass is 470 g/mol. The fourth-order valence-electron chi connectivity index (χ4n) is 3.67. The molecule has 0 spiro atoms. The number of amides is 1. The summed E-state index contributed by atoms with van der Waals surface area (Å²) in [5.41, 5.74) is 5.16. The topological polar surface area (TPSA) is 60.5 Å². The van der Waals surface area contributed by atoms with Crippen LogP contribution in [0.25, 0.3) is 22.9 Å². The zero-order chi connectivity index (χ0) is 24.1. The van der Waals surface area contributed by atoms with E-state index in [0.717, 1.165) is 44.3 Å². The van der Waals surface area contributed by atoms with E-state index in [4.69, 9.17) is 14.5 Å². The maximum atomic E-state index is 13.4. The van der Waals surface area contributed by atoms with Crippen molar-refractivity contribution < 1.29 is 14.3 Å². The van der Waals surface area contributed by atoms with Crippen molar-refractivity contribution in [1.82, 2.24) is 4.98 Å². The van der Waals surface area contributed by atoms with Crippen LogP contribution < -0.4 is 14.8 Å². The molecule has 0 bridgehead atoms. The van der Waals surface area contributed by atoms with E-state index < -0.39 is 0 Å². The summed E-state index contributed by atoms with van der Waals surface area (Å²) < 4.78 is 10.6. The van der Waals surface area contributed by atoms with Gasteiger partial charge in [0, 0.05) is 16.0 Å². The molecule has 0 aliphatic carbocycles. The molecule has 0 atom stereocenters. The number of carbonyl (C=O) groups is 1. The van der Waals surface area contributed by atoms with Crippen LogP contribution in [0.2, 0.25) is 0 Å². The molecule has 0 saturated carbocycles. The summed E-state index contributed by atoms with van der Waals surface area (Å²) in [5.74, 6) is 1.39. The van der Waals surface area contributed by atoms with Crippen LogP contribution in [0.15, 0.2) is 72.8 Å². The first-order chi connectivity index (χ1) is 16.5. The van der Waals surface area contributed by atoms with Crippen LogP contribution in [-0.4, -0.2) is 25.1 Å². The largest absolute Gasteiger partial charge is 0.497 e. The molecule has 0 saturated heterocycles. The van der Waals surface area contributed by atoms with Gasteiger partial charge in [-0.1, -0.05) is 42.5 Å². The van der Waals surface area contributed by atoms with Crippen molar-refractivity contribution in [3.8, 4) is 22.8 Å². The van der Waals surface area contributed by atoms with E-state index in [1.807, 2.05) is 92.7 Å². The zero-order valence-electron chi connectivity index (χ0n) is 19.6. The minimum atomic E-state index is -0.215. The van der Waals surface area contributed by atoms with Crippen molar-refractivity contribution >= 4 is 34.0 Å². The Balaban J connectivity index is 1.64. The van der Waals surface area contributed by atoms with Gasteiger partial charge in [0.05, 0.1) is 19.9 Å². The third-order valence-electron chi connectivity index (χ3n) is 5.44. The second-order valence-corrected chi connectivity index (χ2v) is 8.96. The van der Waals surface area contributed by atoms with E-state index >= 15 is 0 Å². The van der Waals surface area contributed by atoms with Gasteiger partial charge < -0.3 is 9.47 Å². The number of anilines is 1. The predicted molar refractivity (Wildman–Crippen MR) is 140 cm³/mol. The predicted octanol–water partition coefficient (Wildman–Crippen LogP) is 6.62. The first kappa shape index (κ1) is 23.3. The summed E-state index contributed by atoms with van der Waals surface area (Å²) in [5, 5.41) is 3.56. The molecule has 1 N–H and O–H groups in total. The van der Waals surface area contributed by atoms with Crippen LogP contribution in [0, 0.1) is 13.8 Å². The number of ether oxygens (including phenoxy) is 2. The summed E-state index contributed by atoms with van der Waals surface area (Å²) in [6.07, 6.45) is 1.87. The molecule has 0 unspecified atom stereocenters.